The Bertz CT molecular complexity index is 790. The Kier molecular flexibility index (Phi) is 3.27. The molecular weight excluding hydrogens is 300 g/mol. The van der Waals surface area contributed by atoms with E-state index in [1.807, 2.05) is 62.4 Å². The summed E-state index contributed by atoms with van der Waals surface area (Å²) in [7, 11) is 0. The molecule has 2 aromatic carbocycles. The first kappa shape index (κ1) is 14.7. The van der Waals surface area contributed by atoms with Crippen LogP contribution in [0, 0.1) is 13.8 Å². The SMILES string of the molecule is Cc1ccc(C2NC(=O)C3=C2C(=O)NC3c2ccc(C)cc2)cc1. The number of nitrogens with one attached hydrogen (secondary N) is 2. The Balaban J connectivity index is 1.76. The van der Waals surface area contributed by atoms with E-state index in [2.05, 4.69) is 10.6 Å². The van der Waals surface area contributed by atoms with Gasteiger partial charge in [0, 0.05) is 0 Å². The lowest BCUT2D eigenvalue weighted by molar-refractivity contribution is -0.118. The van der Waals surface area contributed by atoms with E-state index < -0.39 is 0 Å². The Hall–Kier alpha value is -2.88. The Morgan fingerprint density at radius 1 is 0.625 bits per heavy atom. The zero-order chi connectivity index (χ0) is 16.8. The fraction of sp³-hybridized carbons (Fsp3) is 0.200. The Labute approximate surface area is 140 Å². The molecule has 0 aromatic heterocycles. The zero-order valence-electron chi connectivity index (χ0n) is 13.6. The van der Waals surface area contributed by atoms with Gasteiger partial charge in [0.15, 0.2) is 0 Å². The summed E-state index contributed by atoms with van der Waals surface area (Å²) in [6.45, 7) is 4.02. The molecule has 2 amide bonds. The highest BCUT2D eigenvalue weighted by Gasteiger charge is 2.45. The molecule has 0 radical (unpaired) electrons. The highest BCUT2D eigenvalue weighted by atomic mass is 16.2. The van der Waals surface area contributed by atoms with Crippen LogP contribution in [-0.2, 0) is 9.59 Å². The van der Waals surface area contributed by atoms with E-state index in [4.69, 9.17) is 0 Å². The summed E-state index contributed by atoms with van der Waals surface area (Å²) in [6.07, 6.45) is 0. The van der Waals surface area contributed by atoms with Gasteiger partial charge in [-0.25, -0.2) is 0 Å². The van der Waals surface area contributed by atoms with Crippen LogP contribution < -0.4 is 10.6 Å². The molecule has 0 fully saturated rings. The maximum Gasteiger partial charge on any atom is 0.250 e. The molecule has 4 nitrogen and oxygen atoms in total. The van der Waals surface area contributed by atoms with E-state index in [0.717, 1.165) is 22.3 Å². The molecule has 4 rings (SSSR count). The van der Waals surface area contributed by atoms with Crippen molar-refractivity contribution >= 4 is 11.8 Å². The molecule has 0 aliphatic carbocycles. The largest absolute Gasteiger partial charge is 0.341 e. The summed E-state index contributed by atoms with van der Waals surface area (Å²) in [4.78, 5) is 25.1. The number of rotatable bonds is 2. The summed E-state index contributed by atoms with van der Waals surface area (Å²) in [5.41, 5.74) is 5.25. The second-order valence-corrected chi connectivity index (χ2v) is 6.46. The monoisotopic (exact) mass is 318 g/mol. The number of carbonyl (C=O) groups excluding carboxylic acids is 2. The van der Waals surface area contributed by atoms with Crippen LogP contribution in [0.4, 0.5) is 0 Å². The van der Waals surface area contributed by atoms with Crippen molar-refractivity contribution in [2.24, 2.45) is 0 Å². The van der Waals surface area contributed by atoms with Gasteiger partial charge >= 0.3 is 0 Å². The fourth-order valence-corrected chi connectivity index (χ4v) is 3.40. The minimum atomic E-state index is -0.372. The summed E-state index contributed by atoms with van der Waals surface area (Å²) in [5.74, 6) is -0.334. The predicted octanol–water partition coefficient (Wildman–Crippen LogP) is 2.64. The molecule has 120 valence electrons. The molecule has 0 spiro atoms. The molecule has 24 heavy (non-hydrogen) atoms. The van der Waals surface area contributed by atoms with Gasteiger partial charge in [-0.2, -0.15) is 0 Å². The number of hydrogen-bond acceptors (Lipinski definition) is 2. The van der Waals surface area contributed by atoms with Gasteiger partial charge in [-0.15, -0.1) is 0 Å². The van der Waals surface area contributed by atoms with Crippen molar-refractivity contribution in [2.45, 2.75) is 25.9 Å². The molecule has 2 aliphatic rings. The molecular formula is C20H18N2O2. The van der Waals surface area contributed by atoms with E-state index in [9.17, 15) is 9.59 Å². The molecule has 0 saturated carbocycles. The standard InChI is InChI=1S/C20H18N2O2/c1-11-3-7-13(8-4-11)17-15-16(20(24)21-17)18(22-19(15)23)14-9-5-12(2)6-10-14/h3-10,17-18H,1-2H3,(H,21,24)(H,22,23). The third kappa shape index (κ3) is 2.22. The van der Waals surface area contributed by atoms with Crippen LogP contribution in [0.3, 0.4) is 0 Å². The van der Waals surface area contributed by atoms with Crippen LogP contribution in [0.15, 0.2) is 59.7 Å². The minimum Gasteiger partial charge on any atom is -0.341 e. The maximum absolute atomic E-state index is 12.5. The second-order valence-electron chi connectivity index (χ2n) is 6.46. The van der Waals surface area contributed by atoms with Crippen LogP contribution in [0.5, 0.6) is 0 Å². The van der Waals surface area contributed by atoms with E-state index in [1.165, 1.54) is 0 Å². The smallest absolute Gasteiger partial charge is 0.250 e. The summed E-state index contributed by atoms with van der Waals surface area (Å²) in [6, 6.07) is 15.1. The maximum atomic E-state index is 12.5. The van der Waals surface area contributed by atoms with E-state index in [0.29, 0.717) is 11.1 Å². The van der Waals surface area contributed by atoms with Gasteiger partial charge < -0.3 is 10.6 Å². The Morgan fingerprint density at radius 2 is 0.958 bits per heavy atom. The van der Waals surface area contributed by atoms with Gasteiger partial charge in [-0.1, -0.05) is 59.7 Å². The molecule has 2 N–H and O–H groups in total. The number of hydrogen-bond donors (Lipinski definition) is 2. The first-order chi connectivity index (χ1) is 11.5. The second kappa shape index (κ2) is 5.34. The molecule has 2 unspecified atom stereocenters. The third-order valence-corrected chi connectivity index (χ3v) is 4.73. The van der Waals surface area contributed by atoms with Crippen molar-refractivity contribution in [2.75, 3.05) is 0 Å². The summed E-state index contributed by atoms with van der Waals surface area (Å²) in [5, 5.41) is 5.92. The van der Waals surface area contributed by atoms with Crippen molar-refractivity contribution in [1.82, 2.24) is 10.6 Å². The number of aryl methyl sites for hydroxylation is 2. The van der Waals surface area contributed by atoms with Crippen molar-refractivity contribution in [1.29, 1.82) is 0 Å². The third-order valence-electron chi connectivity index (χ3n) is 4.73. The highest BCUT2D eigenvalue weighted by molar-refractivity contribution is 6.13. The number of benzene rings is 2. The molecule has 0 saturated heterocycles. The van der Waals surface area contributed by atoms with Crippen molar-refractivity contribution in [3.63, 3.8) is 0 Å². The lowest BCUT2D eigenvalue weighted by Crippen LogP contribution is -2.33. The van der Waals surface area contributed by atoms with Crippen molar-refractivity contribution in [3.8, 4) is 0 Å². The normalized spacial score (nSPS) is 22.4. The van der Waals surface area contributed by atoms with Crippen LogP contribution in [-0.4, -0.2) is 11.8 Å². The average Bonchev–Trinajstić information content (AvgIpc) is 3.08. The van der Waals surface area contributed by atoms with Crippen molar-refractivity contribution < 1.29 is 9.59 Å². The van der Waals surface area contributed by atoms with Gasteiger partial charge in [-0.05, 0) is 25.0 Å². The molecule has 0 bridgehead atoms. The summed E-state index contributed by atoms with van der Waals surface area (Å²) >= 11 is 0. The minimum absolute atomic E-state index is 0.167. The molecule has 2 aliphatic heterocycles. The topological polar surface area (TPSA) is 58.2 Å². The van der Waals surface area contributed by atoms with E-state index in [1.54, 1.807) is 0 Å². The van der Waals surface area contributed by atoms with Gasteiger partial charge in [0.1, 0.15) is 0 Å². The van der Waals surface area contributed by atoms with Gasteiger partial charge in [0.05, 0.1) is 23.2 Å². The molecule has 4 heteroatoms. The quantitative estimate of drug-likeness (QED) is 0.894. The van der Waals surface area contributed by atoms with Crippen LogP contribution in [0.25, 0.3) is 0 Å². The first-order valence-corrected chi connectivity index (χ1v) is 8.03. The van der Waals surface area contributed by atoms with Crippen LogP contribution in [0.2, 0.25) is 0 Å². The summed E-state index contributed by atoms with van der Waals surface area (Å²) < 4.78 is 0. The fourth-order valence-electron chi connectivity index (χ4n) is 3.40. The van der Waals surface area contributed by atoms with E-state index in [-0.39, 0.29) is 23.9 Å². The first-order valence-electron chi connectivity index (χ1n) is 8.03. The van der Waals surface area contributed by atoms with Crippen LogP contribution in [0.1, 0.15) is 34.3 Å². The number of amides is 2. The Morgan fingerprint density at radius 3 is 1.29 bits per heavy atom. The molecule has 2 heterocycles. The lowest BCUT2D eigenvalue weighted by atomic mass is 9.95. The van der Waals surface area contributed by atoms with Crippen molar-refractivity contribution in [3.05, 3.63) is 81.9 Å². The van der Waals surface area contributed by atoms with Gasteiger partial charge in [0.25, 0.3) is 11.8 Å². The molecule has 2 aromatic rings. The molecule has 2 atom stereocenters. The van der Waals surface area contributed by atoms with Gasteiger partial charge in [0.2, 0.25) is 0 Å². The van der Waals surface area contributed by atoms with Crippen LogP contribution >= 0.6 is 0 Å². The predicted molar refractivity (Wildman–Crippen MR) is 91.2 cm³/mol. The zero-order valence-corrected chi connectivity index (χ0v) is 13.6. The average molecular weight is 318 g/mol. The van der Waals surface area contributed by atoms with E-state index >= 15 is 0 Å². The van der Waals surface area contributed by atoms with Gasteiger partial charge in [-0.3, -0.25) is 9.59 Å². The lowest BCUT2D eigenvalue weighted by Gasteiger charge is -2.17. The highest BCUT2D eigenvalue weighted by Crippen LogP contribution is 2.40. The number of carbonyl (C=O) groups is 2.